The summed E-state index contributed by atoms with van der Waals surface area (Å²) in [4.78, 5) is 2.61. The summed E-state index contributed by atoms with van der Waals surface area (Å²) in [7, 11) is -3.07. The number of rotatable bonds is 5. The second kappa shape index (κ2) is 11.8. The molecule has 9 heteroatoms. The van der Waals surface area contributed by atoms with Crippen LogP contribution < -0.4 is 16.2 Å². The monoisotopic (exact) mass is 574 g/mol. The zero-order chi connectivity index (χ0) is 28.1. The fourth-order valence-electron chi connectivity index (χ4n) is 10.1. The lowest BCUT2D eigenvalue weighted by atomic mass is 9.59. The Kier molecular flexibility index (Phi) is 8.71. The molecule has 3 heterocycles. The van der Waals surface area contributed by atoms with E-state index < -0.39 is 10.4 Å². The molecule has 9 unspecified atom stereocenters. The Hall–Kier alpha value is -0.600. The van der Waals surface area contributed by atoms with Crippen LogP contribution in [0.4, 0.5) is 0 Å². The van der Waals surface area contributed by atoms with E-state index in [-0.39, 0.29) is 5.41 Å². The third-order valence-electron chi connectivity index (χ3n) is 12.6. The Bertz CT molecular complexity index is 965. The molecule has 0 spiro atoms. The molecule has 0 radical (unpaired) electrons. The second-order valence-electron chi connectivity index (χ2n) is 15.0. The van der Waals surface area contributed by atoms with Gasteiger partial charge in [-0.2, -0.15) is 5.26 Å². The quantitative estimate of drug-likeness (QED) is 0.431. The molecular formula is C31H54N6O2S. The van der Waals surface area contributed by atoms with Crippen molar-refractivity contribution in [2.45, 2.75) is 109 Å². The minimum atomic E-state index is -3.07. The number of nitrogens with one attached hydrogen (secondary N) is 3. The molecule has 3 N–H and O–H groups in total. The summed E-state index contributed by atoms with van der Waals surface area (Å²) in [6.45, 7) is 8.43. The zero-order valence-electron chi connectivity index (χ0n) is 25.2. The van der Waals surface area contributed by atoms with Gasteiger partial charge in [-0.25, -0.2) is 0 Å². The van der Waals surface area contributed by atoms with Crippen LogP contribution >= 0.6 is 0 Å². The second-order valence-corrected chi connectivity index (χ2v) is 17.0. The maximum atomic E-state index is 12.0. The first-order chi connectivity index (χ1) is 19.1. The highest BCUT2D eigenvalue weighted by Crippen LogP contribution is 2.49. The van der Waals surface area contributed by atoms with Gasteiger partial charge in [-0.05, 0) is 107 Å². The Labute approximate surface area is 244 Å². The third-order valence-corrected chi connectivity index (χ3v) is 13.9. The van der Waals surface area contributed by atoms with Crippen LogP contribution in [0.2, 0.25) is 0 Å². The first-order valence-electron chi connectivity index (χ1n) is 16.5. The van der Waals surface area contributed by atoms with Gasteiger partial charge in [-0.15, -0.1) is 4.31 Å². The summed E-state index contributed by atoms with van der Waals surface area (Å²) in [5.74, 6) is 4.36. The zero-order valence-corrected chi connectivity index (χ0v) is 26.0. The summed E-state index contributed by atoms with van der Waals surface area (Å²) in [5, 5.41) is 13.6. The number of hydrazine groups is 1. The highest BCUT2D eigenvalue weighted by atomic mass is 32.3. The van der Waals surface area contributed by atoms with E-state index in [4.69, 9.17) is 0 Å². The number of piperazine rings is 1. The molecule has 0 aromatic rings. The van der Waals surface area contributed by atoms with Gasteiger partial charge >= 0.3 is 0 Å². The summed E-state index contributed by atoms with van der Waals surface area (Å²) in [5.41, 5.74) is 7.35. The number of fused-ring (bicyclic) bond motifs is 3. The topological polar surface area (TPSA) is 106 Å². The smallest absolute Gasteiger partial charge is 0.122 e. The minimum Gasteiger partial charge on any atom is -0.598 e. The van der Waals surface area contributed by atoms with Crippen molar-refractivity contribution in [3.63, 3.8) is 0 Å². The molecule has 6 rings (SSSR count). The maximum absolute atomic E-state index is 12.0. The van der Waals surface area contributed by atoms with Crippen LogP contribution in [0, 0.1) is 52.3 Å². The molecular weight excluding hydrogens is 520 g/mol. The lowest BCUT2D eigenvalue weighted by Gasteiger charge is -2.51. The van der Waals surface area contributed by atoms with Crippen LogP contribution in [0.3, 0.4) is 0 Å². The molecule has 6 fully saturated rings. The van der Waals surface area contributed by atoms with E-state index in [2.05, 4.69) is 41.0 Å². The van der Waals surface area contributed by atoms with Gasteiger partial charge in [0.15, 0.2) is 0 Å². The number of nitrogens with zero attached hydrogens (tertiary/aromatic N) is 3. The number of nitriles is 1. The van der Waals surface area contributed by atoms with Crippen LogP contribution in [0.15, 0.2) is 0 Å². The first kappa shape index (κ1) is 29.5. The van der Waals surface area contributed by atoms with Crippen LogP contribution in [0.25, 0.3) is 0 Å². The molecule has 3 saturated heterocycles. The van der Waals surface area contributed by atoms with Crippen molar-refractivity contribution >= 4 is 10.4 Å². The van der Waals surface area contributed by atoms with Crippen molar-refractivity contribution in [2.24, 2.45) is 40.9 Å². The van der Waals surface area contributed by atoms with Crippen molar-refractivity contribution in [3.8, 4) is 6.07 Å². The highest BCUT2D eigenvalue weighted by Gasteiger charge is 2.52. The lowest BCUT2D eigenvalue weighted by molar-refractivity contribution is 0.0268. The van der Waals surface area contributed by atoms with Crippen molar-refractivity contribution in [3.05, 3.63) is 0 Å². The van der Waals surface area contributed by atoms with Gasteiger partial charge in [-0.1, -0.05) is 17.1 Å². The number of piperidine rings is 1. The van der Waals surface area contributed by atoms with Gasteiger partial charge in [0, 0.05) is 43.8 Å². The van der Waals surface area contributed by atoms with E-state index in [0.29, 0.717) is 49.1 Å². The summed E-state index contributed by atoms with van der Waals surface area (Å²) in [6.07, 6.45) is 15.6. The van der Waals surface area contributed by atoms with E-state index in [1.54, 1.807) is 4.31 Å². The number of hydrogen-bond donors (Lipinski definition) is 3. The van der Waals surface area contributed by atoms with Gasteiger partial charge in [0.1, 0.15) is 16.7 Å². The Morgan fingerprint density at radius 1 is 0.875 bits per heavy atom. The highest BCUT2D eigenvalue weighted by molar-refractivity contribution is 7.94. The largest absolute Gasteiger partial charge is 0.598 e. The van der Waals surface area contributed by atoms with E-state index in [9.17, 15) is 14.0 Å². The predicted molar refractivity (Wildman–Crippen MR) is 158 cm³/mol. The predicted octanol–water partition coefficient (Wildman–Crippen LogP) is 3.54. The fourth-order valence-corrected chi connectivity index (χ4v) is 10.9. The van der Waals surface area contributed by atoms with Crippen LogP contribution in [0.5, 0.6) is 0 Å². The van der Waals surface area contributed by atoms with Gasteiger partial charge in [0.25, 0.3) is 0 Å². The SMILES string of the molecule is CC(C)(C#N)C1CCC(C2NNC3CNC4CCC(C5CCCC(N6CCN([S+](C)(=O)[O-])CC6)C5)CC4C32)CC1. The van der Waals surface area contributed by atoms with Gasteiger partial charge < -0.3 is 9.87 Å². The van der Waals surface area contributed by atoms with E-state index >= 15 is 0 Å². The van der Waals surface area contributed by atoms with Gasteiger partial charge in [0.2, 0.25) is 0 Å². The molecule has 3 aliphatic carbocycles. The van der Waals surface area contributed by atoms with Gasteiger partial charge in [-0.3, -0.25) is 15.8 Å². The summed E-state index contributed by atoms with van der Waals surface area (Å²) < 4.78 is 25.6. The molecule has 0 aromatic heterocycles. The molecule has 8 nitrogen and oxygen atoms in total. The standard InChI is InChI=1S/C31H54N6O2S/c1-31(2,20-32)24-10-7-21(8-11-24)30-29-26-18-23(9-12-27(26)33-19-28(29)34-35-30)22-5-4-6-25(17-22)36-13-15-37(16-14-36)40(3,38)39/h21-30,33-35H,4-19H2,1-3H3. The third kappa shape index (κ3) is 5.93. The van der Waals surface area contributed by atoms with Crippen LogP contribution in [0.1, 0.15) is 84.5 Å². The maximum Gasteiger partial charge on any atom is 0.122 e. The molecule has 3 aliphatic heterocycles. The molecule has 3 saturated carbocycles. The number of sulfonamides is 1. The van der Waals surface area contributed by atoms with Crippen molar-refractivity contribution in [1.82, 2.24) is 25.4 Å². The van der Waals surface area contributed by atoms with E-state index in [0.717, 1.165) is 43.3 Å². The average molecular weight is 575 g/mol. The Morgan fingerprint density at radius 2 is 1.57 bits per heavy atom. The van der Waals surface area contributed by atoms with E-state index in [1.165, 1.54) is 76.9 Å². The Balaban J connectivity index is 1.07. The van der Waals surface area contributed by atoms with E-state index in [1.807, 2.05) is 0 Å². The van der Waals surface area contributed by atoms with Crippen LogP contribution in [-0.4, -0.2) is 76.9 Å². The Morgan fingerprint density at radius 3 is 2.27 bits per heavy atom. The fraction of sp³-hybridized carbons (Fsp3) is 0.968. The lowest BCUT2D eigenvalue weighted by Crippen LogP contribution is -2.59. The van der Waals surface area contributed by atoms with Gasteiger partial charge in [0.05, 0.1) is 24.6 Å². The average Bonchev–Trinajstić information content (AvgIpc) is 3.41. The molecule has 0 bridgehead atoms. The van der Waals surface area contributed by atoms with Crippen molar-refractivity contribution in [2.75, 3.05) is 39.0 Å². The minimum absolute atomic E-state index is 0.204. The molecule has 226 valence electrons. The summed E-state index contributed by atoms with van der Waals surface area (Å²) in [6, 6.07) is 4.97. The van der Waals surface area contributed by atoms with Crippen molar-refractivity contribution in [1.29, 1.82) is 5.26 Å². The molecule has 0 amide bonds. The molecule has 0 aromatic carbocycles. The van der Waals surface area contributed by atoms with Crippen LogP contribution in [-0.2, 0) is 14.6 Å². The molecule has 9 atom stereocenters. The molecule has 40 heavy (non-hydrogen) atoms. The molecule has 6 aliphatic rings. The number of hydrogen-bond acceptors (Lipinski definition) is 7. The first-order valence-corrected chi connectivity index (χ1v) is 18.3. The normalized spacial score (nSPS) is 45.2. The van der Waals surface area contributed by atoms with Crippen molar-refractivity contribution < 1.29 is 8.76 Å². The summed E-state index contributed by atoms with van der Waals surface area (Å²) >= 11 is 0.